The highest BCUT2D eigenvalue weighted by Crippen LogP contribution is 2.09. The molecular weight excluding hydrogens is 178 g/mol. The maximum absolute atomic E-state index is 10.8. The fourth-order valence-corrected chi connectivity index (χ4v) is 1.11. The topological polar surface area (TPSA) is 52.3 Å². The minimum absolute atomic E-state index is 0.248. The van der Waals surface area contributed by atoms with Crippen LogP contribution >= 0.6 is 0 Å². The normalized spacial score (nSPS) is 9.50. The molecule has 1 aromatic carbocycles. The fourth-order valence-electron chi connectivity index (χ4n) is 1.11. The van der Waals surface area contributed by atoms with Crippen LogP contribution in [0.5, 0.6) is 0 Å². The Labute approximate surface area is 83.2 Å². The van der Waals surface area contributed by atoms with Crippen molar-refractivity contribution in [2.24, 2.45) is 5.73 Å². The molecule has 3 nitrogen and oxygen atoms in total. The van der Waals surface area contributed by atoms with E-state index in [0.29, 0.717) is 6.54 Å². The summed E-state index contributed by atoms with van der Waals surface area (Å²) >= 11 is 0. The summed E-state index contributed by atoms with van der Waals surface area (Å²) < 4.78 is 4.91. The van der Waals surface area contributed by atoms with Gasteiger partial charge in [0.1, 0.15) is 6.61 Å². The molecule has 0 aliphatic rings. The van der Waals surface area contributed by atoms with Crippen LogP contribution in [0.2, 0.25) is 0 Å². The van der Waals surface area contributed by atoms with E-state index in [1.807, 2.05) is 24.3 Å². The number of rotatable bonds is 4. The Bertz CT molecular complexity index is 334. The quantitative estimate of drug-likeness (QED) is 0.577. The first-order valence-corrected chi connectivity index (χ1v) is 4.34. The number of hydrogen-bond donors (Lipinski definition) is 1. The van der Waals surface area contributed by atoms with Crippen LogP contribution in [0.1, 0.15) is 11.1 Å². The minimum Gasteiger partial charge on any atom is -0.458 e. The average molecular weight is 191 g/mol. The number of ether oxygens (including phenoxy) is 1. The second-order valence-electron chi connectivity index (χ2n) is 2.78. The molecular formula is C11H13NO2. The van der Waals surface area contributed by atoms with Crippen molar-refractivity contribution in [3.63, 3.8) is 0 Å². The van der Waals surface area contributed by atoms with Crippen LogP contribution in [-0.4, -0.2) is 5.97 Å². The Hall–Kier alpha value is -1.61. The van der Waals surface area contributed by atoms with Gasteiger partial charge in [0.05, 0.1) is 0 Å². The predicted octanol–water partition coefficient (Wildman–Crippen LogP) is 1.37. The van der Waals surface area contributed by atoms with Crippen molar-refractivity contribution in [2.45, 2.75) is 13.2 Å². The summed E-state index contributed by atoms with van der Waals surface area (Å²) in [6.07, 6.45) is 1.14. The Morgan fingerprint density at radius 2 is 2.07 bits per heavy atom. The zero-order chi connectivity index (χ0) is 10.4. The predicted molar refractivity (Wildman–Crippen MR) is 54.3 cm³/mol. The first-order valence-electron chi connectivity index (χ1n) is 4.34. The summed E-state index contributed by atoms with van der Waals surface area (Å²) in [4.78, 5) is 10.8. The highest BCUT2D eigenvalue weighted by molar-refractivity contribution is 5.81. The molecule has 0 radical (unpaired) electrons. The smallest absolute Gasteiger partial charge is 0.330 e. The Balaban J connectivity index is 2.66. The molecule has 3 heteroatoms. The van der Waals surface area contributed by atoms with Crippen LogP contribution in [0, 0.1) is 0 Å². The van der Waals surface area contributed by atoms with Gasteiger partial charge >= 0.3 is 5.97 Å². The second-order valence-corrected chi connectivity index (χ2v) is 2.78. The Morgan fingerprint density at radius 3 is 2.64 bits per heavy atom. The van der Waals surface area contributed by atoms with Crippen LogP contribution in [-0.2, 0) is 22.7 Å². The summed E-state index contributed by atoms with van der Waals surface area (Å²) in [5.41, 5.74) is 7.45. The second kappa shape index (κ2) is 5.19. The first kappa shape index (κ1) is 10.5. The van der Waals surface area contributed by atoms with E-state index in [1.165, 1.54) is 0 Å². The summed E-state index contributed by atoms with van der Waals surface area (Å²) in [6.45, 7) is 4.01. The van der Waals surface area contributed by atoms with Gasteiger partial charge in [0.15, 0.2) is 0 Å². The van der Waals surface area contributed by atoms with E-state index in [4.69, 9.17) is 10.5 Å². The van der Waals surface area contributed by atoms with E-state index in [2.05, 4.69) is 6.58 Å². The molecule has 0 saturated heterocycles. The van der Waals surface area contributed by atoms with Gasteiger partial charge in [-0.2, -0.15) is 0 Å². The van der Waals surface area contributed by atoms with Crippen LogP contribution in [0.4, 0.5) is 0 Å². The third-order valence-electron chi connectivity index (χ3n) is 1.87. The molecule has 1 aromatic rings. The molecule has 1 rings (SSSR count). The number of carbonyl (C=O) groups is 1. The number of esters is 1. The molecule has 0 amide bonds. The molecule has 0 saturated carbocycles. The van der Waals surface area contributed by atoms with Gasteiger partial charge < -0.3 is 10.5 Å². The van der Waals surface area contributed by atoms with Crippen molar-refractivity contribution >= 4 is 5.97 Å². The molecule has 0 aliphatic carbocycles. The molecule has 0 fully saturated rings. The molecule has 0 unspecified atom stereocenters. The highest BCUT2D eigenvalue weighted by atomic mass is 16.5. The third kappa shape index (κ3) is 2.71. The number of nitrogens with two attached hydrogens (primary N) is 1. The van der Waals surface area contributed by atoms with Gasteiger partial charge in [0, 0.05) is 12.6 Å². The van der Waals surface area contributed by atoms with Gasteiger partial charge in [-0.3, -0.25) is 0 Å². The molecule has 0 atom stereocenters. The summed E-state index contributed by atoms with van der Waals surface area (Å²) in [5.74, 6) is -0.420. The number of benzene rings is 1. The van der Waals surface area contributed by atoms with Gasteiger partial charge in [-0.05, 0) is 11.1 Å². The molecule has 0 aromatic heterocycles. The number of carbonyl (C=O) groups excluding carboxylic acids is 1. The SMILES string of the molecule is C=CC(=O)OCc1ccccc1CN. The fraction of sp³-hybridized carbons (Fsp3) is 0.182. The zero-order valence-electron chi connectivity index (χ0n) is 7.90. The first-order chi connectivity index (χ1) is 6.77. The molecule has 74 valence electrons. The van der Waals surface area contributed by atoms with E-state index >= 15 is 0 Å². The van der Waals surface area contributed by atoms with Crippen molar-refractivity contribution < 1.29 is 9.53 Å². The monoisotopic (exact) mass is 191 g/mol. The third-order valence-corrected chi connectivity index (χ3v) is 1.87. The average Bonchev–Trinajstić information content (AvgIpc) is 2.26. The minimum atomic E-state index is -0.420. The van der Waals surface area contributed by atoms with E-state index in [-0.39, 0.29) is 6.61 Å². The molecule has 0 aliphatic heterocycles. The van der Waals surface area contributed by atoms with Crippen LogP contribution in [0.25, 0.3) is 0 Å². The van der Waals surface area contributed by atoms with E-state index in [1.54, 1.807) is 0 Å². The molecule has 0 heterocycles. The molecule has 14 heavy (non-hydrogen) atoms. The highest BCUT2D eigenvalue weighted by Gasteiger charge is 2.01. The van der Waals surface area contributed by atoms with E-state index in [9.17, 15) is 4.79 Å². The van der Waals surface area contributed by atoms with Gasteiger partial charge in [-0.15, -0.1) is 0 Å². The Morgan fingerprint density at radius 1 is 1.43 bits per heavy atom. The Kier molecular flexibility index (Phi) is 3.88. The zero-order valence-corrected chi connectivity index (χ0v) is 7.90. The van der Waals surface area contributed by atoms with E-state index in [0.717, 1.165) is 17.2 Å². The summed E-state index contributed by atoms with van der Waals surface area (Å²) in [7, 11) is 0. The van der Waals surface area contributed by atoms with Gasteiger partial charge in [0.25, 0.3) is 0 Å². The summed E-state index contributed by atoms with van der Waals surface area (Å²) in [5, 5.41) is 0. The molecule has 0 bridgehead atoms. The van der Waals surface area contributed by atoms with E-state index < -0.39 is 5.97 Å². The lowest BCUT2D eigenvalue weighted by Gasteiger charge is -2.06. The lowest BCUT2D eigenvalue weighted by molar-refractivity contribution is -0.138. The largest absolute Gasteiger partial charge is 0.458 e. The molecule has 2 N–H and O–H groups in total. The lowest BCUT2D eigenvalue weighted by atomic mass is 10.1. The standard InChI is InChI=1S/C11H13NO2/c1-2-11(13)14-8-10-6-4-3-5-9(10)7-12/h2-6H,1,7-8,12H2. The van der Waals surface area contributed by atoms with Gasteiger partial charge in [0.2, 0.25) is 0 Å². The van der Waals surface area contributed by atoms with Crippen LogP contribution in [0.15, 0.2) is 36.9 Å². The number of hydrogen-bond acceptors (Lipinski definition) is 3. The van der Waals surface area contributed by atoms with Crippen molar-refractivity contribution in [3.8, 4) is 0 Å². The van der Waals surface area contributed by atoms with Crippen molar-refractivity contribution in [3.05, 3.63) is 48.0 Å². The van der Waals surface area contributed by atoms with Gasteiger partial charge in [-0.1, -0.05) is 30.8 Å². The van der Waals surface area contributed by atoms with Crippen LogP contribution < -0.4 is 5.73 Å². The maximum Gasteiger partial charge on any atom is 0.330 e. The van der Waals surface area contributed by atoms with Gasteiger partial charge in [-0.25, -0.2) is 4.79 Å². The van der Waals surface area contributed by atoms with Crippen molar-refractivity contribution in [1.29, 1.82) is 0 Å². The molecule has 0 spiro atoms. The van der Waals surface area contributed by atoms with Crippen molar-refractivity contribution in [2.75, 3.05) is 0 Å². The lowest BCUT2D eigenvalue weighted by Crippen LogP contribution is -2.05. The van der Waals surface area contributed by atoms with Crippen molar-refractivity contribution in [1.82, 2.24) is 0 Å². The maximum atomic E-state index is 10.8. The van der Waals surface area contributed by atoms with Crippen LogP contribution in [0.3, 0.4) is 0 Å². The summed E-state index contributed by atoms with van der Waals surface area (Å²) in [6, 6.07) is 7.59.